The lowest BCUT2D eigenvalue weighted by Crippen LogP contribution is -2.49. The van der Waals surface area contributed by atoms with Crippen LogP contribution in [0, 0.1) is 11.8 Å². The van der Waals surface area contributed by atoms with Crippen LogP contribution in [0.2, 0.25) is 0 Å². The van der Waals surface area contributed by atoms with Crippen LogP contribution in [-0.2, 0) is 22.1 Å². The molecular formula is C23H28F3N3O2. The normalized spacial score (nSPS) is 27.4. The summed E-state index contributed by atoms with van der Waals surface area (Å²) in [7, 11) is 0. The van der Waals surface area contributed by atoms with Crippen molar-refractivity contribution in [2.24, 2.45) is 11.8 Å². The van der Waals surface area contributed by atoms with E-state index >= 15 is 0 Å². The summed E-state index contributed by atoms with van der Waals surface area (Å²) in [6.07, 6.45) is -2.36. The van der Waals surface area contributed by atoms with Crippen LogP contribution < -0.4 is 0 Å². The van der Waals surface area contributed by atoms with Crippen molar-refractivity contribution in [2.45, 2.75) is 31.9 Å². The summed E-state index contributed by atoms with van der Waals surface area (Å²) >= 11 is 0. The van der Waals surface area contributed by atoms with Crippen LogP contribution in [0.3, 0.4) is 0 Å². The number of carbonyl (C=O) groups is 1. The molecule has 0 radical (unpaired) electrons. The molecule has 1 amide bonds. The second-order valence-corrected chi connectivity index (χ2v) is 9.21. The number of benzene rings is 1. The van der Waals surface area contributed by atoms with Gasteiger partial charge in [-0.05, 0) is 60.9 Å². The Morgan fingerprint density at radius 2 is 2.06 bits per heavy atom. The molecule has 0 spiro atoms. The summed E-state index contributed by atoms with van der Waals surface area (Å²) in [6, 6.07) is 4.04. The summed E-state index contributed by atoms with van der Waals surface area (Å²) in [5.41, 5.74) is 2.38. The maximum Gasteiger partial charge on any atom is 0.416 e. The minimum absolute atomic E-state index is 0.0519. The predicted molar refractivity (Wildman–Crippen MR) is 111 cm³/mol. The molecule has 1 aromatic heterocycles. The minimum atomic E-state index is -4.34. The van der Waals surface area contributed by atoms with E-state index in [-0.39, 0.29) is 18.4 Å². The van der Waals surface area contributed by atoms with Crippen molar-refractivity contribution in [1.29, 1.82) is 0 Å². The number of rotatable bonds is 3. The first kappa shape index (κ1) is 20.8. The number of nitrogens with zero attached hydrogens (tertiary/aromatic N) is 2. The number of ether oxygens (including phenoxy) is 1. The Hall–Kier alpha value is -2.06. The van der Waals surface area contributed by atoms with Gasteiger partial charge in [0, 0.05) is 42.8 Å². The zero-order valence-corrected chi connectivity index (χ0v) is 17.7. The summed E-state index contributed by atoms with van der Waals surface area (Å²) in [5.74, 6) is 1.20. The van der Waals surface area contributed by atoms with Crippen LogP contribution >= 0.6 is 0 Å². The SMILES string of the molecule is C[C@H]1c2c([nH]c3ccc(C(F)(F)F)cc23)C[C@H]2CCN(CCN3CCOCC3=O)C[C@@H]21. The van der Waals surface area contributed by atoms with Crippen molar-refractivity contribution in [3.63, 3.8) is 0 Å². The molecule has 31 heavy (non-hydrogen) atoms. The van der Waals surface area contributed by atoms with Gasteiger partial charge in [0.25, 0.3) is 0 Å². The molecule has 2 saturated heterocycles. The van der Waals surface area contributed by atoms with Crippen LogP contribution in [0.25, 0.3) is 10.9 Å². The fourth-order valence-corrected chi connectivity index (χ4v) is 5.77. The molecule has 8 heteroatoms. The highest BCUT2D eigenvalue weighted by Gasteiger charge is 2.40. The molecule has 1 aromatic carbocycles. The number of carbonyl (C=O) groups excluding carboxylic acids is 1. The molecule has 3 atom stereocenters. The number of aromatic nitrogens is 1. The molecule has 1 N–H and O–H groups in total. The first-order chi connectivity index (χ1) is 14.8. The second kappa shape index (κ2) is 7.81. The quantitative estimate of drug-likeness (QED) is 0.801. The third-order valence-electron chi connectivity index (χ3n) is 7.47. The summed E-state index contributed by atoms with van der Waals surface area (Å²) < 4.78 is 45.1. The van der Waals surface area contributed by atoms with Crippen LogP contribution in [0.5, 0.6) is 0 Å². The number of H-pyrrole nitrogens is 1. The third kappa shape index (κ3) is 3.84. The van der Waals surface area contributed by atoms with Gasteiger partial charge in [-0.2, -0.15) is 13.2 Å². The van der Waals surface area contributed by atoms with Gasteiger partial charge in [0.1, 0.15) is 6.61 Å². The molecule has 2 aliphatic heterocycles. The van der Waals surface area contributed by atoms with Crippen LogP contribution in [0.15, 0.2) is 18.2 Å². The molecule has 1 aliphatic carbocycles. The minimum Gasteiger partial charge on any atom is -0.370 e. The van der Waals surface area contributed by atoms with E-state index in [4.69, 9.17) is 4.74 Å². The average molecular weight is 435 g/mol. The second-order valence-electron chi connectivity index (χ2n) is 9.21. The van der Waals surface area contributed by atoms with Crippen LogP contribution in [0.4, 0.5) is 13.2 Å². The van der Waals surface area contributed by atoms with E-state index in [1.165, 1.54) is 6.07 Å². The molecule has 5 rings (SSSR count). The summed E-state index contributed by atoms with van der Waals surface area (Å²) in [6.45, 7) is 7.05. The van der Waals surface area contributed by atoms with E-state index < -0.39 is 11.7 Å². The average Bonchev–Trinajstić information content (AvgIpc) is 3.10. The van der Waals surface area contributed by atoms with Crippen LogP contribution in [0.1, 0.15) is 36.1 Å². The smallest absolute Gasteiger partial charge is 0.370 e. The number of nitrogens with one attached hydrogen (secondary N) is 1. The number of amides is 1. The Kier molecular flexibility index (Phi) is 5.25. The van der Waals surface area contributed by atoms with Crippen molar-refractivity contribution >= 4 is 16.8 Å². The van der Waals surface area contributed by atoms with E-state index in [0.717, 1.165) is 55.3 Å². The summed E-state index contributed by atoms with van der Waals surface area (Å²) in [4.78, 5) is 19.7. The maximum absolute atomic E-state index is 13.3. The number of hydrogen-bond acceptors (Lipinski definition) is 3. The largest absolute Gasteiger partial charge is 0.416 e. The highest BCUT2D eigenvalue weighted by atomic mass is 19.4. The molecular weight excluding hydrogens is 407 g/mol. The topological polar surface area (TPSA) is 48.6 Å². The van der Waals surface area contributed by atoms with Crippen molar-refractivity contribution in [3.8, 4) is 0 Å². The lowest BCUT2D eigenvalue weighted by atomic mass is 9.68. The number of piperidine rings is 1. The first-order valence-corrected chi connectivity index (χ1v) is 11.1. The highest BCUT2D eigenvalue weighted by Crippen LogP contribution is 2.46. The van der Waals surface area contributed by atoms with E-state index in [1.54, 1.807) is 6.07 Å². The van der Waals surface area contributed by atoms with Gasteiger partial charge in [-0.3, -0.25) is 4.79 Å². The van der Waals surface area contributed by atoms with Gasteiger partial charge in [0.15, 0.2) is 0 Å². The fourth-order valence-electron chi connectivity index (χ4n) is 5.77. The Labute approximate surface area is 179 Å². The number of morpholine rings is 1. The van der Waals surface area contributed by atoms with Gasteiger partial charge >= 0.3 is 6.18 Å². The lowest BCUT2D eigenvalue weighted by molar-refractivity contribution is -0.143. The number of fused-ring (bicyclic) bond motifs is 4. The van der Waals surface area contributed by atoms with Gasteiger partial charge in [-0.1, -0.05) is 6.92 Å². The number of likely N-dealkylation sites (tertiary alicyclic amines) is 1. The number of aromatic amines is 1. The Bertz CT molecular complexity index is 986. The van der Waals surface area contributed by atoms with E-state index in [1.807, 2.05) is 4.90 Å². The standard InChI is InChI=1S/C23H28F3N3O2/c1-14-18-12-28(6-7-29-8-9-31-13-21(29)30)5-4-15(18)10-20-22(14)17-11-16(23(24,25)26)2-3-19(17)27-20/h2-3,11,14-15,18,27H,4-10,12-13H2,1H3/t14-,15-,18-/m1/s1. The molecule has 2 aromatic rings. The Morgan fingerprint density at radius 1 is 1.23 bits per heavy atom. The zero-order valence-electron chi connectivity index (χ0n) is 17.7. The monoisotopic (exact) mass is 435 g/mol. The van der Waals surface area contributed by atoms with Crippen molar-refractivity contribution in [2.75, 3.05) is 45.9 Å². The van der Waals surface area contributed by atoms with E-state index in [0.29, 0.717) is 36.9 Å². The Morgan fingerprint density at radius 3 is 2.84 bits per heavy atom. The fraction of sp³-hybridized carbons (Fsp3) is 0.609. The first-order valence-electron chi connectivity index (χ1n) is 11.1. The molecule has 3 aliphatic rings. The van der Waals surface area contributed by atoms with Gasteiger partial charge < -0.3 is 19.5 Å². The number of hydrogen-bond donors (Lipinski definition) is 1. The van der Waals surface area contributed by atoms with Gasteiger partial charge in [-0.15, -0.1) is 0 Å². The lowest BCUT2D eigenvalue weighted by Gasteiger charge is -2.45. The molecule has 0 saturated carbocycles. The molecule has 0 bridgehead atoms. The van der Waals surface area contributed by atoms with Gasteiger partial charge in [0.05, 0.1) is 12.2 Å². The van der Waals surface area contributed by atoms with Gasteiger partial charge in [-0.25, -0.2) is 0 Å². The molecule has 5 nitrogen and oxygen atoms in total. The number of halogens is 3. The maximum atomic E-state index is 13.3. The zero-order chi connectivity index (χ0) is 21.8. The number of alkyl halides is 3. The van der Waals surface area contributed by atoms with Crippen molar-refractivity contribution in [3.05, 3.63) is 35.0 Å². The third-order valence-corrected chi connectivity index (χ3v) is 7.47. The predicted octanol–water partition coefficient (Wildman–Crippen LogP) is 3.64. The van der Waals surface area contributed by atoms with Crippen molar-refractivity contribution in [1.82, 2.24) is 14.8 Å². The van der Waals surface area contributed by atoms with Gasteiger partial charge in [0.2, 0.25) is 5.91 Å². The molecule has 2 fully saturated rings. The van der Waals surface area contributed by atoms with E-state index in [9.17, 15) is 18.0 Å². The molecule has 0 unspecified atom stereocenters. The molecule has 3 heterocycles. The highest BCUT2D eigenvalue weighted by molar-refractivity contribution is 5.86. The van der Waals surface area contributed by atoms with Crippen LogP contribution in [-0.4, -0.2) is 66.6 Å². The van der Waals surface area contributed by atoms with E-state index in [2.05, 4.69) is 16.8 Å². The molecule has 168 valence electrons. The van der Waals surface area contributed by atoms with Crippen molar-refractivity contribution < 1.29 is 22.7 Å². The summed E-state index contributed by atoms with van der Waals surface area (Å²) in [5, 5.41) is 0.715. The Balaban J connectivity index is 1.34.